The molecule has 1 nitrogen and oxygen atoms in total. The molecule has 1 rings (SSSR count). The second-order valence-corrected chi connectivity index (χ2v) is 7.06. The molecule has 108 valence electrons. The number of rotatable bonds is 6. The summed E-state index contributed by atoms with van der Waals surface area (Å²) >= 11 is 0. The van der Waals surface area contributed by atoms with Gasteiger partial charge in [0.1, 0.15) is 5.75 Å². The zero-order chi connectivity index (χ0) is 14.5. The van der Waals surface area contributed by atoms with Gasteiger partial charge in [0.25, 0.3) is 0 Å². The highest BCUT2D eigenvalue weighted by molar-refractivity contribution is 5.44. The maximum absolute atomic E-state index is 10.4. The van der Waals surface area contributed by atoms with Crippen LogP contribution in [-0.2, 0) is 11.8 Å². The molecular weight excluding hydrogens is 232 g/mol. The van der Waals surface area contributed by atoms with E-state index >= 15 is 0 Å². The molecule has 0 spiro atoms. The third-order valence-electron chi connectivity index (χ3n) is 3.66. The average molecular weight is 262 g/mol. The van der Waals surface area contributed by atoms with Crippen LogP contribution in [0.1, 0.15) is 71.4 Å². The number of phenolic OH excluding ortho intramolecular Hbond substituents is 1. The fourth-order valence-corrected chi connectivity index (χ4v) is 2.44. The van der Waals surface area contributed by atoms with E-state index in [1.165, 1.54) is 25.7 Å². The van der Waals surface area contributed by atoms with Gasteiger partial charge in [-0.1, -0.05) is 72.1 Å². The lowest BCUT2D eigenvalue weighted by Gasteiger charge is -2.21. The largest absolute Gasteiger partial charge is 0.507 e. The minimum Gasteiger partial charge on any atom is -0.507 e. The molecule has 0 amide bonds. The van der Waals surface area contributed by atoms with Crippen LogP contribution in [0.5, 0.6) is 5.75 Å². The van der Waals surface area contributed by atoms with E-state index in [4.69, 9.17) is 0 Å². The molecule has 0 aromatic heterocycles. The molecular formula is C18H30O. The fraction of sp³-hybridized carbons (Fsp3) is 0.667. The van der Waals surface area contributed by atoms with Crippen molar-refractivity contribution in [3.8, 4) is 5.75 Å². The molecule has 1 aromatic carbocycles. The first-order valence-electron chi connectivity index (χ1n) is 7.63. The van der Waals surface area contributed by atoms with Crippen molar-refractivity contribution in [2.75, 3.05) is 0 Å². The van der Waals surface area contributed by atoms with E-state index in [1.807, 2.05) is 6.07 Å². The van der Waals surface area contributed by atoms with Crippen LogP contribution in [0, 0.1) is 5.92 Å². The molecule has 1 aromatic rings. The second-order valence-electron chi connectivity index (χ2n) is 7.06. The van der Waals surface area contributed by atoms with Crippen LogP contribution in [0.25, 0.3) is 0 Å². The molecule has 0 heterocycles. The summed E-state index contributed by atoms with van der Waals surface area (Å²) in [7, 11) is 0. The van der Waals surface area contributed by atoms with Crippen LogP contribution in [0.2, 0.25) is 0 Å². The lowest BCUT2D eigenvalue weighted by molar-refractivity contribution is 0.438. The number of hydrogen-bond acceptors (Lipinski definition) is 1. The number of aryl methyl sites for hydroxylation is 1. The van der Waals surface area contributed by atoms with Gasteiger partial charge in [-0.3, -0.25) is 0 Å². The molecule has 0 aliphatic carbocycles. The van der Waals surface area contributed by atoms with Gasteiger partial charge in [-0.25, -0.2) is 0 Å². The lowest BCUT2D eigenvalue weighted by Crippen LogP contribution is -2.11. The molecule has 1 N–H and O–H groups in total. The van der Waals surface area contributed by atoms with Crippen molar-refractivity contribution in [1.82, 2.24) is 0 Å². The minimum absolute atomic E-state index is 0.0116. The van der Waals surface area contributed by atoms with Crippen LogP contribution in [0.3, 0.4) is 0 Å². The van der Waals surface area contributed by atoms with Gasteiger partial charge in [0.2, 0.25) is 0 Å². The van der Waals surface area contributed by atoms with Gasteiger partial charge in [-0.05, 0) is 35.3 Å². The minimum atomic E-state index is 0.0116. The molecule has 0 aliphatic heterocycles. The number of unbranched alkanes of at least 4 members (excludes halogenated alkanes) is 2. The predicted octanol–water partition coefficient (Wildman–Crippen LogP) is 5.45. The van der Waals surface area contributed by atoms with E-state index < -0.39 is 0 Å². The van der Waals surface area contributed by atoms with E-state index in [0.717, 1.165) is 23.5 Å². The van der Waals surface area contributed by atoms with E-state index in [-0.39, 0.29) is 5.41 Å². The van der Waals surface area contributed by atoms with Crippen molar-refractivity contribution >= 4 is 0 Å². The summed E-state index contributed by atoms with van der Waals surface area (Å²) in [5, 5.41) is 10.4. The standard InChI is InChI=1S/C18H30O/c1-14(2)10-7-6-8-11-15-12-9-13-16(17(15)19)18(3,4)5/h9,12-14,19H,6-8,10-11H2,1-5H3. The van der Waals surface area contributed by atoms with Crippen molar-refractivity contribution < 1.29 is 5.11 Å². The Morgan fingerprint density at radius 1 is 1.05 bits per heavy atom. The Kier molecular flexibility index (Phi) is 5.90. The fourth-order valence-electron chi connectivity index (χ4n) is 2.44. The highest BCUT2D eigenvalue weighted by Gasteiger charge is 2.19. The molecule has 0 fully saturated rings. The van der Waals surface area contributed by atoms with Crippen LogP contribution in [0.4, 0.5) is 0 Å². The first-order chi connectivity index (χ1) is 8.82. The number of phenols is 1. The Morgan fingerprint density at radius 2 is 1.74 bits per heavy atom. The number of aromatic hydroxyl groups is 1. The summed E-state index contributed by atoms with van der Waals surface area (Å²) in [6.45, 7) is 11.0. The molecule has 0 bridgehead atoms. The van der Waals surface area contributed by atoms with E-state index in [9.17, 15) is 5.11 Å². The Bertz CT molecular complexity index is 385. The molecule has 0 aliphatic rings. The highest BCUT2D eigenvalue weighted by Crippen LogP contribution is 2.33. The highest BCUT2D eigenvalue weighted by atomic mass is 16.3. The third-order valence-corrected chi connectivity index (χ3v) is 3.66. The van der Waals surface area contributed by atoms with Crippen LogP contribution in [-0.4, -0.2) is 5.11 Å². The molecule has 0 saturated heterocycles. The molecule has 0 unspecified atom stereocenters. The smallest absolute Gasteiger partial charge is 0.122 e. The Balaban J connectivity index is 2.55. The van der Waals surface area contributed by atoms with Gasteiger partial charge in [0.15, 0.2) is 0 Å². The van der Waals surface area contributed by atoms with Gasteiger partial charge in [-0.2, -0.15) is 0 Å². The first kappa shape index (κ1) is 16.1. The maximum Gasteiger partial charge on any atom is 0.122 e. The summed E-state index contributed by atoms with van der Waals surface area (Å²) in [6, 6.07) is 6.17. The summed E-state index contributed by atoms with van der Waals surface area (Å²) in [4.78, 5) is 0. The first-order valence-corrected chi connectivity index (χ1v) is 7.63. The molecule has 0 saturated carbocycles. The van der Waals surface area contributed by atoms with Crippen LogP contribution >= 0.6 is 0 Å². The lowest BCUT2D eigenvalue weighted by atomic mass is 9.84. The number of para-hydroxylation sites is 1. The average Bonchev–Trinajstić information content (AvgIpc) is 2.28. The zero-order valence-electron chi connectivity index (χ0n) is 13.3. The quantitative estimate of drug-likeness (QED) is 0.676. The van der Waals surface area contributed by atoms with Crippen LogP contribution in [0.15, 0.2) is 18.2 Å². The monoisotopic (exact) mass is 262 g/mol. The van der Waals surface area contributed by atoms with Gasteiger partial charge < -0.3 is 5.11 Å². The van der Waals surface area contributed by atoms with Crippen LogP contribution < -0.4 is 0 Å². The maximum atomic E-state index is 10.4. The number of benzene rings is 1. The SMILES string of the molecule is CC(C)CCCCCc1cccc(C(C)(C)C)c1O. The van der Waals surface area contributed by atoms with E-state index in [1.54, 1.807) is 0 Å². The van der Waals surface area contributed by atoms with Crippen molar-refractivity contribution in [2.24, 2.45) is 5.92 Å². The van der Waals surface area contributed by atoms with Gasteiger partial charge in [0.05, 0.1) is 0 Å². The van der Waals surface area contributed by atoms with Crippen molar-refractivity contribution in [1.29, 1.82) is 0 Å². The van der Waals surface area contributed by atoms with Crippen molar-refractivity contribution in [3.63, 3.8) is 0 Å². The van der Waals surface area contributed by atoms with Gasteiger partial charge in [0, 0.05) is 0 Å². The third kappa shape index (κ3) is 5.26. The topological polar surface area (TPSA) is 20.2 Å². The summed E-state index contributed by atoms with van der Waals surface area (Å²) in [6.07, 6.45) is 6.05. The van der Waals surface area contributed by atoms with Gasteiger partial charge >= 0.3 is 0 Å². The predicted molar refractivity (Wildman–Crippen MR) is 83.8 cm³/mol. The summed E-state index contributed by atoms with van der Waals surface area (Å²) in [5.41, 5.74) is 2.18. The Hall–Kier alpha value is -0.980. The van der Waals surface area contributed by atoms with Crippen molar-refractivity contribution in [3.05, 3.63) is 29.3 Å². The van der Waals surface area contributed by atoms with Gasteiger partial charge in [-0.15, -0.1) is 0 Å². The van der Waals surface area contributed by atoms with E-state index in [0.29, 0.717) is 5.75 Å². The number of hydrogen-bond donors (Lipinski definition) is 1. The summed E-state index contributed by atoms with van der Waals surface area (Å²) in [5.74, 6) is 1.32. The molecule has 0 radical (unpaired) electrons. The zero-order valence-corrected chi connectivity index (χ0v) is 13.3. The molecule has 0 atom stereocenters. The van der Waals surface area contributed by atoms with Crippen molar-refractivity contribution in [2.45, 2.75) is 72.1 Å². The molecule has 1 heteroatoms. The normalized spacial score (nSPS) is 12.1. The molecule has 19 heavy (non-hydrogen) atoms. The Labute approximate surface area is 119 Å². The second kappa shape index (κ2) is 6.98. The Morgan fingerprint density at radius 3 is 2.32 bits per heavy atom. The van der Waals surface area contributed by atoms with E-state index in [2.05, 4.69) is 46.8 Å². The summed E-state index contributed by atoms with van der Waals surface area (Å²) < 4.78 is 0.